The van der Waals surface area contributed by atoms with Crippen LogP contribution in [0.5, 0.6) is 5.75 Å². The molecule has 0 saturated carbocycles. The Hall–Kier alpha value is -3.45. The first kappa shape index (κ1) is 17.9. The summed E-state index contributed by atoms with van der Waals surface area (Å²) in [7, 11) is 1.54. The Labute approximate surface area is 165 Å². The summed E-state index contributed by atoms with van der Waals surface area (Å²) in [5.41, 5.74) is 1.83. The van der Waals surface area contributed by atoms with Gasteiger partial charge in [0, 0.05) is 16.8 Å². The Bertz CT molecular complexity index is 1220. The molecule has 2 N–H and O–H groups in total. The maximum absolute atomic E-state index is 13.8. The lowest BCUT2D eigenvalue weighted by Gasteiger charge is -2.13. The zero-order valence-electron chi connectivity index (χ0n) is 14.8. The summed E-state index contributed by atoms with van der Waals surface area (Å²) in [4.78, 5) is 12.2. The number of ether oxygens (including phenoxy) is 1. The summed E-state index contributed by atoms with van der Waals surface area (Å²) in [6.45, 7) is 0. The van der Waals surface area contributed by atoms with Gasteiger partial charge in [-0.05, 0) is 36.5 Å². The lowest BCUT2D eigenvalue weighted by molar-refractivity contribution is 0.0974. The fraction of sp³-hybridized carbons (Fsp3) is 0.0476. The molecule has 0 unspecified atom stereocenters. The van der Waals surface area contributed by atoms with Crippen LogP contribution in [-0.4, -0.2) is 18.1 Å². The van der Waals surface area contributed by atoms with Crippen LogP contribution in [0.1, 0.15) is 10.4 Å². The third kappa shape index (κ3) is 3.27. The number of thiocarbonyl (C=S) groups is 1. The minimum Gasteiger partial charge on any atom is -0.495 e. The van der Waals surface area contributed by atoms with Gasteiger partial charge in [-0.15, -0.1) is 0 Å². The molecule has 0 aliphatic rings. The van der Waals surface area contributed by atoms with Gasteiger partial charge in [-0.3, -0.25) is 10.1 Å². The van der Waals surface area contributed by atoms with Crippen LogP contribution >= 0.6 is 12.2 Å². The van der Waals surface area contributed by atoms with Crippen LogP contribution < -0.4 is 15.4 Å². The molecule has 1 aromatic heterocycles. The number of nitrogens with one attached hydrogen (secondary N) is 2. The molecule has 4 aromatic rings. The van der Waals surface area contributed by atoms with Gasteiger partial charge in [-0.2, -0.15) is 0 Å². The predicted molar refractivity (Wildman–Crippen MR) is 110 cm³/mol. The number of carbonyl (C=O) groups is 1. The number of hydrogen-bond acceptors (Lipinski definition) is 4. The van der Waals surface area contributed by atoms with Crippen LogP contribution in [-0.2, 0) is 0 Å². The molecule has 1 heterocycles. The summed E-state index contributed by atoms with van der Waals surface area (Å²) in [6, 6.07) is 16.9. The van der Waals surface area contributed by atoms with Crippen molar-refractivity contribution in [2.75, 3.05) is 12.4 Å². The maximum atomic E-state index is 13.8. The van der Waals surface area contributed by atoms with E-state index < -0.39 is 11.7 Å². The third-order valence-corrected chi connectivity index (χ3v) is 4.50. The summed E-state index contributed by atoms with van der Waals surface area (Å²) < 4.78 is 25.1. The molecule has 0 spiro atoms. The first-order valence-corrected chi connectivity index (χ1v) is 8.84. The monoisotopic (exact) mass is 394 g/mol. The number of hydrogen-bond donors (Lipinski definition) is 2. The number of amides is 1. The van der Waals surface area contributed by atoms with Crippen molar-refractivity contribution >= 4 is 50.9 Å². The van der Waals surface area contributed by atoms with E-state index in [1.165, 1.54) is 25.3 Å². The maximum Gasteiger partial charge on any atom is 0.260 e. The highest BCUT2D eigenvalue weighted by molar-refractivity contribution is 7.80. The van der Waals surface area contributed by atoms with Crippen molar-refractivity contribution in [1.82, 2.24) is 5.32 Å². The molecule has 0 radical (unpaired) electrons. The molecule has 28 heavy (non-hydrogen) atoms. The average Bonchev–Trinajstić information content (AvgIpc) is 3.04. The Kier molecular flexibility index (Phi) is 4.67. The van der Waals surface area contributed by atoms with Gasteiger partial charge >= 0.3 is 0 Å². The minimum absolute atomic E-state index is 0.0158. The van der Waals surface area contributed by atoms with Gasteiger partial charge < -0.3 is 14.5 Å². The summed E-state index contributed by atoms with van der Waals surface area (Å²) in [5.74, 6) is -0.731. The van der Waals surface area contributed by atoms with Crippen molar-refractivity contribution in [2.24, 2.45) is 0 Å². The van der Waals surface area contributed by atoms with Crippen molar-refractivity contribution in [3.63, 3.8) is 0 Å². The molecule has 0 atom stereocenters. The molecule has 0 aliphatic heterocycles. The van der Waals surface area contributed by atoms with Gasteiger partial charge in [-0.1, -0.05) is 30.3 Å². The third-order valence-electron chi connectivity index (χ3n) is 4.29. The number of para-hydroxylation sites is 1. The first-order chi connectivity index (χ1) is 13.6. The van der Waals surface area contributed by atoms with Crippen LogP contribution in [0.15, 0.2) is 65.1 Å². The molecule has 1 amide bonds. The molecular formula is C21H15FN2O3S. The first-order valence-electron chi connectivity index (χ1n) is 8.43. The number of anilines is 1. The van der Waals surface area contributed by atoms with Gasteiger partial charge in [0.2, 0.25) is 0 Å². The minimum atomic E-state index is -0.639. The van der Waals surface area contributed by atoms with E-state index in [2.05, 4.69) is 10.6 Å². The number of halogens is 1. The molecule has 7 heteroatoms. The number of rotatable bonds is 3. The highest BCUT2D eigenvalue weighted by atomic mass is 32.1. The quantitative estimate of drug-likeness (QED) is 0.486. The second kappa shape index (κ2) is 7.28. The van der Waals surface area contributed by atoms with E-state index in [1.54, 1.807) is 12.1 Å². The fourth-order valence-electron chi connectivity index (χ4n) is 2.99. The largest absolute Gasteiger partial charge is 0.495 e. The van der Waals surface area contributed by atoms with Crippen molar-refractivity contribution in [1.29, 1.82) is 0 Å². The Morgan fingerprint density at radius 2 is 1.79 bits per heavy atom. The Morgan fingerprint density at radius 1 is 1.04 bits per heavy atom. The van der Waals surface area contributed by atoms with Gasteiger partial charge in [0.15, 0.2) is 5.11 Å². The number of carbonyl (C=O) groups excluding carboxylic acids is 1. The molecule has 0 bridgehead atoms. The van der Waals surface area contributed by atoms with Crippen LogP contribution in [0.4, 0.5) is 10.1 Å². The molecular weight excluding hydrogens is 379 g/mol. The summed E-state index contributed by atoms with van der Waals surface area (Å²) in [5, 5.41) is 7.26. The lowest BCUT2D eigenvalue weighted by atomic mass is 10.1. The van der Waals surface area contributed by atoms with Crippen molar-refractivity contribution in [3.05, 3.63) is 72.0 Å². The number of fused-ring (bicyclic) bond motifs is 3. The molecule has 4 rings (SSSR count). The highest BCUT2D eigenvalue weighted by Gasteiger charge is 2.15. The smallest absolute Gasteiger partial charge is 0.260 e. The lowest BCUT2D eigenvalue weighted by Crippen LogP contribution is -2.34. The summed E-state index contributed by atoms with van der Waals surface area (Å²) >= 11 is 5.20. The second-order valence-electron chi connectivity index (χ2n) is 6.03. The van der Waals surface area contributed by atoms with Crippen LogP contribution in [0.3, 0.4) is 0 Å². The van der Waals surface area contributed by atoms with Gasteiger partial charge in [0.05, 0.1) is 18.4 Å². The van der Waals surface area contributed by atoms with E-state index in [1.807, 2.05) is 30.3 Å². The fourth-order valence-corrected chi connectivity index (χ4v) is 3.19. The van der Waals surface area contributed by atoms with E-state index >= 15 is 0 Å². The normalized spacial score (nSPS) is 10.8. The Balaban J connectivity index is 1.61. The molecule has 5 nitrogen and oxygen atoms in total. The van der Waals surface area contributed by atoms with Crippen molar-refractivity contribution in [3.8, 4) is 5.75 Å². The SMILES string of the molecule is COc1cc2c(cc1NC(=S)NC(=O)c1ccccc1F)oc1ccccc12. The van der Waals surface area contributed by atoms with E-state index in [4.69, 9.17) is 21.4 Å². The molecule has 0 aliphatic carbocycles. The van der Waals surface area contributed by atoms with Crippen LogP contribution in [0, 0.1) is 5.82 Å². The van der Waals surface area contributed by atoms with Gasteiger partial charge in [-0.25, -0.2) is 4.39 Å². The molecule has 0 fully saturated rings. The van der Waals surface area contributed by atoms with Crippen molar-refractivity contribution in [2.45, 2.75) is 0 Å². The predicted octanol–water partition coefficient (Wildman–Crippen LogP) is 4.86. The average molecular weight is 394 g/mol. The molecule has 0 saturated heterocycles. The topological polar surface area (TPSA) is 63.5 Å². The molecule has 3 aromatic carbocycles. The number of furan rings is 1. The second-order valence-corrected chi connectivity index (χ2v) is 6.44. The number of methoxy groups -OCH3 is 1. The van der Waals surface area contributed by atoms with Crippen LogP contribution in [0.25, 0.3) is 21.9 Å². The highest BCUT2D eigenvalue weighted by Crippen LogP contribution is 2.36. The zero-order valence-corrected chi connectivity index (χ0v) is 15.6. The standard InChI is InChI=1S/C21H15FN2O3S/c1-26-19-10-14-12-6-3-5-9-17(12)27-18(14)11-16(19)23-21(28)24-20(25)13-7-2-4-8-15(13)22/h2-11H,1H3,(H2,23,24,25,28). The van der Waals surface area contributed by atoms with E-state index in [9.17, 15) is 9.18 Å². The number of benzene rings is 3. The van der Waals surface area contributed by atoms with Gasteiger partial charge in [0.1, 0.15) is 22.7 Å². The van der Waals surface area contributed by atoms with Crippen molar-refractivity contribution < 1.29 is 18.3 Å². The van der Waals surface area contributed by atoms with Crippen LogP contribution in [0.2, 0.25) is 0 Å². The van der Waals surface area contributed by atoms with E-state index in [0.29, 0.717) is 17.0 Å². The Morgan fingerprint density at radius 3 is 2.57 bits per heavy atom. The summed E-state index contributed by atoms with van der Waals surface area (Å²) in [6.07, 6.45) is 0. The zero-order chi connectivity index (χ0) is 19.7. The van der Waals surface area contributed by atoms with E-state index in [-0.39, 0.29) is 10.7 Å². The molecule has 140 valence electrons. The van der Waals surface area contributed by atoms with E-state index in [0.717, 1.165) is 16.4 Å². The van der Waals surface area contributed by atoms with Gasteiger partial charge in [0.25, 0.3) is 5.91 Å².